The Labute approximate surface area is 74.5 Å². The van der Waals surface area contributed by atoms with Gasteiger partial charge in [-0.3, -0.25) is 9.13 Å². The maximum absolute atomic E-state index is 11.2. The van der Waals surface area contributed by atoms with Crippen molar-refractivity contribution in [2.24, 2.45) is 0 Å². The Hall–Kier alpha value is 0.590. The van der Waals surface area contributed by atoms with Crippen LogP contribution in [0.1, 0.15) is 0 Å². The molecule has 0 heterocycles. The summed E-state index contributed by atoms with van der Waals surface area (Å²) in [5.74, 6) is 0. The number of hydrogen-bond donors (Lipinski definition) is 2. The zero-order valence-electron chi connectivity index (χ0n) is 6.38. The van der Waals surface area contributed by atoms with Gasteiger partial charge in [0, 0.05) is 14.2 Å². The van der Waals surface area contributed by atoms with E-state index < -0.39 is 20.1 Å². The van der Waals surface area contributed by atoms with Gasteiger partial charge in [0.05, 0.1) is 0 Å². The molecule has 12 heavy (non-hydrogen) atoms. The molecule has 0 aromatic rings. The summed E-state index contributed by atoms with van der Waals surface area (Å²) in [5.41, 5.74) is 0. The van der Waals surface area contributed by atoms with E-state index in [0.717, 1.165) is 14.2 Å². The fourth-order valence-electron chi connectivity index (χ4n) is 0.433. The van der Waals surface area contributed by atoms with Gasteiger partial charge in [-0.05, 0) is 0 Å². The van der Waals surface area contributed by atoms with Crippen LogP contribution >= 0.6 is 26.8 Å². The molecule has 74 valence electrons. The van der Waals surface area contributed by atoms with Gasteiger partial charge in [0.1, 0.15) is 0 Å². The molecule has 0 aromatic carbocycles. The third-order valence-electron chi connectivity index (χ3n) is 1.05. The fourth-order valence-corrected chi connectivity index (χ4v) is 3.45. The maximum Gasteiger partial charge on any atom is 0.360 e. The van der Waals surface area contributed by atoms with Gasteiger partial charge in [0.25, 0.3) is 0 Å². The van der Waals surface area contributed by atoms with Gasteiger partial charge in [-0.1, -0.05) is 11.6 Å². The summed E-state index contributed by atoms with van der Waals surface area (Å²) in [7, 11) is -6.56. The quantitative estimate of drug-likeness (QED) is 0.564. The van der Waals surface area contributed by atoms with E-state index in [1.54, 1.807) is 0 Å². The second-order valence-corrected chi connectivity index (χ2v) is 7.28. The van der Waals surface area contributed by atoms with Crippen molar-refractivity contribution in [3.63, 3.8) is 0 Å². The number of halogens is 1. The van der Waals surface area contributed by atoms with Crippen molar-refractivity contribution in [1.82, 2.24) is 0 Å². The van der Waals surface area contributed by atoms with Gasteiger partial charge in [-0.15, -0.1) is 0 Å². The topological polar surface area (TPSA) is 93.1 Å². The van der Waals surface area contributed by atoms with E-state index in [1.807, 2.05) is 0 Å². The highest BCUT2D eigenvalue weighted by molar-refractivity contribution is 7.74. The molecule has 0 saturated heterocycles. The molecule has 6 nitrogen and oxygen atoms in total. The molecule has 0 spiro atoms. The Morgan fingerprint density at radius 1 is 1.25 bits per heavy atom. The molecule has 1 atom stereocenters. The lowest BCUT2D eigenvalue weighted by Gasteiger charge is -2.19. The van der Waals surface area contributed by atoms with E-state index in [9.17, 15) is 9.13 Å². The summed E-state index contributed by atoms with van der Waals surface area (Å²) in [6.07, 6.45) is 0. The highest BCUT2D eigenvalue weighted by Crippen LogP contribution is 2.66. The molecule has 1 unspecified atom stereocenters. The summed E-state index contributed by atoms with van der Waals surface area (Å²) in [6.45, 7) is 0. The SMILES string of the molecule is COP(=O)(OC)C(Cl)P(=O)(O)O. The molecule has 0 fully saturated rings. The largest absolute Gasteiger partial charge is 0.360 e. The van der Waals surface area contributed by atoms with Crippen LogP contribution in [-0.4, -0.2) is 28.9 Å². The zero-order chi connectivity index (χ0) is 9.99. The van der Waals surface area contributed by atoms with E-state index >= 15 is 0 Å². The summed E-state index contributed by atoms with van der Waals surface area (Å²) >= 11 is 5.19. The Bertz CT molecular complexity index is 227. The lowest BCUT2D eigenvalue weighted by molar-refractivity contribution is 0.273. The van der Waals surface area contributed by atoms with Crippen LogP contribution in [0.4, 0.5) is 0 Å². The van der Waals surface area contributed by atoms with Crippen LogP contribution < -0.4 is 0 Å². The first-order chi connectivity index (χ1) is 5.28. The lowest BCUT2D eigenvalue weighted by atomic mass is 11.8. The first-order valence-electron chi connectivity index (χ1n) is 2.68. The van der Waals surface area contributed by atoms with Crippen LogP contribution in [0.3, 0.4) is 0 Å². The summed E-state index contributed by atoms with van der Waals surface area (Å²) in [5, 5.41) is 0. The monoisotopic (exact) mass is 238 g/mol. The molecule has 0 saturated carbocycles. The van der Waals surface area contributed by atoms with Crippen LogP contribution in [0.25, 0.3) is 0 Å². The van der Waals surface area contributed by atoms with Crippen LogP contribution in [0, 0.1) is 0 Å². The molecular formula is C3H9ClO6P2. The van der Waals surface area contributed by atoms with Crippen molar-refractivity contribution >= 4 is 26.8 Å². The number of rotatable bonds is 4. The van der Waals surface area contributed by atoms with Gasteiger partial charge in [0.15, 0.2) is 0 Å². The number of alkyl halides is 1. The first-order valence-corrected chi connectivity index (χ1v) is 6.41. The van der Waals surface area contributed by atoms with Gasteiger partial charge in [-0.2, -0.15) is 0 Å². The second-order valence-electron chi connectivity index (χ2n) is 1.80. The van der Waals surface area contributed by atoms with Gasteiger partial charge >= 0.3 is 15.2 Å². The summed E-state index contributed by atoms with van der Waals surface area (Å²) < 4.78 is 30.3. The van der Waals surface area contributed by atoms with Gasteiger partial charge < -0.3 is 18.8 Å². The smallest absolute Gasteiger partial charge is 0.323 e. The van der Waals surface area contributed by atoms with E-state index in [-0.39, 0.29) is 0 Å². The molecule has 0 bridgehead atoms. The molecule has 0 aliphatic rings. The molecule has 0 amide bonds. The molecule has 0 aliphatic heterocycles. The highest BCUT2D eigenvalue weighted by Gasteiger charge is 2.45. The maximum atomic E-state index is 11.2. The van der Waals surface area contributed by atoms with E-state index in [4.69, 9.17) is 21.4 Å². The third-order valence-corrected chi connectivity index (χ3v) is 6.37. The van der Waals surface area contributed by atoms with E-state index in [1.165, 1.54) is 0 Å². The molecule has 9 heteroatoms. The predicted molar refractivity (Wildman–Crippen MR) is 43.3 cm³/mol. The molecule has 0 aliphatic carbocycles. The Kier molecular flexibility index (Phi) is 4.41. The van der Waals surface area contributed by atoms with E-state index in [2.05, 4.69) is 9.05 Å². The predicted octanol–water partition coefficient (Wildman–Crippen LogP) is 1.17. The minimum Gasteiger partial charge on any atom is -0.323 e. The standard InChI is InChI=1S/C3H9ClO6P2/c1-9-12(8,10-2)3(4)11(5,6)7/h3H,1-2H3,(H2,5,6,7). The van der Waals surface area contributed by atoms with Crippen molar-refractivity contribution in [3.05, 3.63) is 0 Å². The van der Waals surface area contributed by atoms with Crippen LogP contribution in [0.5, 0.6) is 0 Å². The Morgan fingerprint density at radius 2 is 1.58 bits per heavy atom. The first kappa shape index (κ1) is 12.6. The van der Waals surface area contributed by atoms with Crippen LogP contribution in [0.15, 0.2) is 0 Å². The summed E-state index contributed by atoms with van der Waals surface area (Å²) in [4.78, 5) is 15.1. The Balaban J connectivity index is 4.78. The van der Waals surface area contributed by atoms with Gasteiger partial charge in [0.2, 0.25) is 4.86 Å². The van der Waals surface area contributed by atoms with E-state index in [0.29, 0.717) is 0 Å². The van der Waals surface area contributed by atoms with Crippen molar-refractivity contribution in [1.29, 1.82) is 0 Å². The highest BCUT2D eigenvalue weighted by atomic mass is 35.5. The lowest BCUT2D eigenvalue weighted by Crippen LogP contribution is -2.04. The van der Waals surface area contributed by atoms with Crippen LogP contribution in [0.2, 0.25) is 0 Å². The van der Waals surface area contributed by atoms with Crippen molar-refractivity contribution < 1.29 is 28.0 Å². The zero-order valence-corrected chi connectivity index (χ0v) is 8.92. The molecule has 0 rings (SSSR count). The average Bonchev–Trinajstić information content (AvgIpc) is 2.00. The van der Waals surface area contributed by atoms with Crippen molar-refractivity contribution in [3.8, 4) is 0 Å². The van der Waals surface area contributed by atoms with Gasteiger partial charge in [-0.25, -0.2) is 0 Å². The minimum absolute atomic E-state index is 0.995. The normalized spacial score (nSPS) is 16.1. The second kappa shape index (κ2) is 4.20. The molecule has 0 radical (unpaired) electrons. The third kappa shape index (κ3) is 2.82. The number of hydrogen-bond acceptors (Lipinski definition) is 4. The molecular weight excluding hydrogens is 229 g/mol. The van der Waals surface area contributed by atoms with Crippen LogP contribution in [-0.2, 0) is 18.2 Å². The minimum atomic E-state index is -4.66. The summed E-state index contributed by atoms with van der Waals surface area (Å²) in [6, 6.07) is 0. The van der Waals surface area contributed by atoms with Crippen molar-refractivity contribution in [2.45, 2.75) is 4.86 Å². The van der Waals surface area contributed by atoms with Crippen molar-refractivity contribution in [2.75, 3.05) is 14.2 Å². The fraction of sp³-hybridized carbons (Fsp3) is 1.00. The molecule has 2 N–H and O–H groups in total. The molecule has 0 aromatic heterocycles. The average molecular weight is 238 g/mol. The Morgan fingerprint density at radius 3 is 1.67 bits per heavy atom.